The molecule has 2 aromatic rings. The highest BCUT2D eigenvalue weighted by Crippen LogP contribution is 2.23. The normalized spacial score (nSPS) is 15.4. The number of benzene rings is 2. The van der Waals surface area contributed by atoms with E-state index in [4.69, 9.17) is 27.9 Å². The molecule has 134 valence electrons. The van der Waals surface area contributed by atoms with Crippen molar-refractivity contribution in [3.63, 3.8) is 0 Å². The van der Waals surface area contributed by atoms with E-state index in [0.717, 1.165) is 51.3 Å². The number of piperazine rings is 1. The third-order valence-electron chi connectivity index (χ3n) is 4.73. The van der Waals surface area contributed by atoms with Gasteiger partial charge >= 0.3 is 0 Å². The molecular formula is C20H24Cl2N2O. The fourth-order valence-electron chi connectivity index (χ4n) is 3.22. The molecule has 2 aromatic carbocycles. The Morgan fingerprint density at radius 1 is 0.920 bits per heavy atom. The second-order valence-corrected chi connectivity index (χ2v) is 7.19. The summed E-state index contributed by atoms with van der Waals surface area (Å²) in [6.45, 7) is 5.47. The summed E-state index contributed by atoms with van der Waals surface area (Å²) in [5, 5.41) is 1.27. The molecule has 25 heavy (non-hydrogen) atoms. The Morgan fingerprint density at radius 3 is 2.28 bits per heavy atom. The standard InChI is InChI=1S/C20H24Cl2N2O/c1-25-18-7-5-17(6-8-18)24-13-11-23(12-14-24)10-2-3-16-4-9-19(21)20(22)15-16/h4-9,15H,2-3,10-14H2,1H3. The van der Waals surface area contributed by atoms with Crippen molar-refractivity contribution in [1.82, 2.24) is 4.90 Å². The Kier molecular flexibility index (Phi) is 6.46. The fraction of sp³-hybridized carbons (Fsp3) is 0.400. The maximum atomic E-state index is 6.08. The lowest BCUT2D eigenvalue weighted by molar-refractivity contribution is 0.255. The lowest BCUT2D eigenvalue weighted by Gasteiger charge is -2.36. The van der Waals surface area contributed by atoms with Crippen LogP contribution in [0.3, 0.4) is 0 Å². The molecule has 3 nitrogen and oxygen atoms in total. The predicted octanol–water partition coefficient (Wildman–Crippen LogP) is 4.76. The van der Waals surface area contributed by atoms with Gasteiger partial charge in [0, 0.05) is 31.9 Å². The molecular weight excluding hydrogens is 355 g/mol. The van der Waals surface area contributed by atoms with Crippen LogP contribution in [0.4, 0.5) is 5.69 Å². The minimum Gasteiger partial charge on any atom is -0.497 e. The molecule has 0 spiro atoms. The highest BCUT2D eigenvalue weighted by atomic mass is 35.5. The van der Waals surface area contributed by atoms with Crippen LogP contribution in [-0.4, -0.2) is 44.7 Å². The van der Waals surface area contributed by atoms with Crippen LogP contribution in [0.1, 0.15) is 12.0 Å². The zero-order chi connectivity index (χ0) is 17.6. The quantitative estimate of drug-likeness (QED) is 0.720. The van der Waals surface area contributed by atoms with E-state index in [1.165, 1.54) is 11.3 Å². The van der Waals surface area contributed by atoms with Crippen molar-refractivity contribution >= 4 is 28.9 Å². The van der Waals surface area contributed by atoms with E-state index < -0.39 is 0 Å². The van der Waals surface area contributed by atoms with E-state index >= 15 is 0 Å². The molecule has 0 saturated carbocycles. The molecule has 1 aliphatic heterocycles. The minimum absolute atomic E-state index is 0.625. The fourth-order valence-corrected chi connectivity index (χ4v) is 3.55. The molecule has 5 heteroatoms. The topological polar surface area (TPSA) is 15.7 Å². The van der Waals surface area contributed by atoms with Crippen LogP contribution in [0.5, 0.6) is 5.75 Å². The van der Waals surface area contributed by atoms with Gasteiger partial charge in [0.25, 0.3) is 0 Å². The number of ether oxygens (including phenoxy) is 1. The zero-order valence-electron chi connectivity index (χ0n) is 14.5. The van der Waals surface area contributed by atoms with Crippen LogP contribution >= 0.6 is 23.2 Å². The maximum Gasteiger partial charge on any atom is 0.119 e. The summed E-state index contributed by atoms with van der Waals surface area (Å²) < 4.78 is 5.23. The van der Waals surface area contributed by atoms with E-state index in [0.29, 0.717) is 10.0 Å². The van der Waals surface area contributed by atoms with Crippen LogP contribution in [0.15, 0.2) is 42.5 Å². The summed E-state index contributed by atoms with van der Waals surface area (Å²) in [5.41, 5.74) is 2.53. The van der Waals surface area contributed by atoms with Crippen LogP contribution in [0, 0.1) is 0 Å². The van der Waals surface area contributed by atoms with Gasteiger partial charge in [-0.15, -0.1) is 0 Å². The van der Waals surface area contributed by atoms with Gasteiger partial charge in [0.1, 0.15) is 5.75 Å². The Hall–Kier alpha value is -1.42. The smallest absolute Gasteiger partial charge is 0.119 e. The van der Waals surface area contributed by atoms with Crippen LogP contribution < -0.4 is 9.64 Å². The Labute approximate surface area is 160 Å². The summed E-state index contributed by atoms with van der Waals surface area (Å²) in [6.07, 6.45) is 2.18. The third kappa shape index (κ3) is 5.04. The Bertz CT molecular complexity index is 683. The number of methoxy groups -OCH3 is 1. The second kappa shape index (κ2) is 8.79. The van der Waals surface area contributed by atoms with Gasteiger partial charge in [-0.1, -0.05) is 29.3 Å². The van der Waals surface area contributed by atoms with Crippen molar-refractivity contribution in [2.45, 2.75) is 12.8 Å². The summed E-state index contributed by atoms with van der Waals surface area (Å²) in [4.78, 5) is 4.98. The summed E-state index contributed by atoms with van der Waals surface area (Å²) in [6, 6.07) is 14.3. The van der Waals surface area contributed by atoms with Crippen molar-refractivity contribution in [2.75, 3.05) is 44.7 Å². The largest absolute Gasteiger partial charge is 0.497 e. The van der Waals surface area contributed by atoms with Gasteiger partial charge in [0.05, 0.1) is 17.2 Å². The van der Waals surface area contributed by atoms with Crippen molar-refractivity contribution in [3.05, 3.63) is 58.1 Å². The third-order valence-corrected chi connectivity index (χ3v) is 5.47. The summed E-state index contributed by atoms with van der Waals surface area (Å²) >= 11 is 12.0. The van der Waals surface area contributed by atoms with Crippen LogP contribution in [-0.2, 0) is 6.42 Å². The first-order chi connectivity index (χ1) is 12.2. The monoisotopic (exact) mass is 378 g/mol. The molecule has 0 atom stereocenters. The molecule has 0 aromatic heterocycles. The van der Waals surface area contributed by atoms with E-state index in [9.17, 15) is 0 Å². The molecule has 0 bridgehead atoms. The van der Waals surface area contributed by atoms with E-state index in [-0.39, 0.29) is 0 Å². The molecule has 1 fully saturated rings. The first-order valence-corrected chi connectivity index (χ1v) is 9.46. The molecule has 1 saturated heterocycles. The summed E-state index contributed by atoms with van der Waals surface area (Å²) in [5.74, 6) is 0.907. The first-order valence-electron chi connectivity index (χ1n) is 8.71. The van der Waals surface area contributed by atoms with Gasteiger partial charge in [-0.25, -0.2) is 0 Å². The van der Waals surface area contributed by atoms with Crippen molar-refractivity contribution in [3.8, 4) is 5.75 Å². The molecule has 1 aliphatic rings. The highest BCUT2D eigenvalue weighted by Gasteiger charge is 2.16. The molecule has 0 N–H and O–H groups in total. The average Bonchev–Trinajstić information content (AvgIpc) is 2.65. The van der Waals surface area contributed by atoms with Crippen molar-refractivity contribution in [2.24, 2.45) is 0 Å². The summed E-state index contributed by atoms with van der Waals surface area (Å²) in [7, 11) is 1.70. The SMILES string of the molecule is COc1ccc(N2CCN(CCCc3ccc(Cl)c(Cl)c3)CC2)cc1. The number of anilines is 1. The molecule has 3 rings (SSSR count). The lowest BCUT2D eigenvalue weighted by Crippen LogP contribution is -2.46. The van der Waals surface area contributed by atoms with E-state index in [1.54, 1.807) is 7.11 Å². The molecule has 1 heterocycles. The van der Waals surface area contributed by atoms with E-state index in [1.807, 2.05) is 24.3 Å². The second-order valence-electron chi connectivity index (χ2n) is 6.38. The number of hydrogen-bond acceptors (Lipinski definition) is 3. The van der Waals surface area contributed by atoms with Gasteiger partial charge in [0.15, 0.2) is 0 Å². The number of rotatable bonds is 6. The van der Waals surface area contributed by atoms with Crippen molar-refractivity contribution < 1.29 is 4.74 Å². The van der Waals surface area contributed by atoms with Crippen LogP contribution in [0.2, 0.25) is 10.0 Å². The number of hydrogen-bond donors (Lipinski definition) is 0. The van der Waals surface area contributed by atoms with Gasteiger partial charge in [-0.2, -0.15) is 0 Å². The average molecular weight is 379 g/mol. The predicted molar refractivity (Wildman–Crippen MR) is 106 cm³/mol. The molecule has 0 radical (unpaired) electrons. The Morgan fingerprint density at radius 2 is 1.64 bits per heavy atom. The first kappa shape index (κ1) is 18.4. The van der Waals surface area contributed by atoms with Gasteiger partial charge in [-0.3, -0.25) is 4.90 Å². The van der Waals surface area contributed by atoms with Crippen LogP contribution in [0.25, 0.3) is 0 Å². The maximum absolute atomic E-state index is 6.08. The van der Waals surface area contributed by atoms with E-state index in [2.05, 4.69) is 28.0 Å². The lowest BCUT2D eigenvalue weighted by atomic mass is 10.1. The minimum atomic E-state index is 0.625. The van der Waals surface area contributed by atoms with Crippen molar-refractivity contribution in [1.29, 1.82) is 0 Å². The van der Waals surface area contributed by atoms with Gasteiger partial charge in [-0.05, 0) is 61.3 Å². The molecule has 0 amide bonds. The number of aryl methyl sites for hydroxylation is 1. The highest BCUT2D eigenvalue weighted by molar-refractivity contribution is 6.42. The number of nitrogens with zero attached hydrogens (tertiary/aromatic N) is 2. The van der Waals surface area contributed by atoms with Gasteiger partial charge in [0.2, 0.25) is 0 Å². The molecule has 0 aliphatic carbocycles. The molecule has 0 unspecified atom stereocenters. The Balaban J connectivity index is 1.42. The van der Waals surface area contributed by atoms with Gasteiger partial charge < -0.3 is 9.64 Å². The number of halogens is 2. The zero-order valence-corrected chi connectivity index (χ0v) is 16.1.